The molecular formula is C21H29N5O3S. The smallest absolute Gasteiger partial charge is 0.272 e. The maximum atomic E-state index is 13.5. The van der Waals surface area contributed by atoms with Crippen LogP contribution in [0.2, 0.25) is 0 Å². The van der Waals surface area contributed by atoms with Gasteiger partial charge in [-0.25, -0.2) is 0 Å². The number of carbonyl (C=O) groups excluding carboxylic acids is 3. The van der Waals surface area contributed by atoms with Crippen molar-refractivity contribution in [3.63, 3.8) is 0 Å². The number of hydrogen-bond acceptors (Lipinski definition) is 6. The first-order chi connectivity index (χ1) is 14.3. The molecule has 1 aromatic heterocycles. The maximum absolute atomic E-state index is 13.5. The molecular weight excluding hydrogens is 402 g/mol. The molecule has 0 saturated carbocycles. The quantitative estimate of drug-likeness (QED) is 0.532. The Morgan fingerprint density at radius 1 is 1.17 bits per heavy atom. The van der Waals surface area contributed by atoms with Crippen molar-refractivity contribution in [1.82, 2.24) is 9.69 Å². The molecule has 0 unspecified atom stereocenters. The van der Waals surface area contributed by atoms with Gasteiger partial charge in [-0.3, -0.25) is 19.3 Å². The summed E-state index contributed by atoms with van der Waals surface area (Å²) in [4.78, 5) is 39.6. The number of amides is 3. The zero-order chi connectivity index (χ0) is 22.3. The molecule has 0 bridgehead atoms. The third-order valence-electron chi connectivity index (χ3n) is 4.61. The highest BCUT2D eigenvalue weighted by Gasteiger charge is 2.34. The summed E-state index contributed by atoms with van der Waals surface area (Å²) in [5, 5.41) is 2.94. The van der Waals surface area contributed by atoms with E-state index in [4.69, 9.17) is 11.5 Å². The second-order valence-electron chi connectivity index (χ2n) is 7.43. The minimum atomic E-state index is -0.800. The Morgan fingerprint density at radius 2 is 1.83 bits per heavy atom. The molecule has 0 aliphatic heterocycles. The first-order valence-corrected chi connectivity index (χ1v) is 10.8. The second-order valence-corrected chi connectivity index (χ2v) is 8.20. The van der Waals surface area contributed by atoms with Crippen LogP contribution in [0.4, 0.5) is 11.4 Å². The Bertz CT molecular complexity index is 882. The van der Waals surface area contributed by atoms with Gasteiger partial charge >= 0.3 is 0 Å². The fourth-order valence-corrected chi connectivity index (χ4v) is 3.76. The van der Waals surface area contributed by atoms with Crippen molar-refractivity contribution in [3.8, 4) is 0 Å². The predicted molar refractivity (Wildman–Crippen MR) is 119 cm³/mol. The second kappa shape index (κ2) is 10.7. The first kappa shape index (κ1) is 23.3. The molecule has 9 heteroatoms. The van der Waals surface area contributed by atoms with Gasteiger partial charge in [-0.2, -0.15) is 4.37 Å². The molecule has 1 aromatic carbocycles. The molecule has 2 rings (SSSR count). The van der Waals surface area contributed by atoms with Gasteiger partial charge in [-0.1, -0.05) is 45.4 Å². The third kappa shape index (κ3) is 5.56. The van der Waals surface area contributed by atoms with Gasteiger partial charge in [0.2, 0.25) is 5.91 Å². The summed E-state index contributed by atoms with van der Waals surface area (Å²) in [5.41, 5.74) is 11.6. The van der Waals surface area contributed by atoms with E-state index in [0.717, 1.165) is 18.0 Å². The van der Waals surface area contributed by atoms with E-state index in [1.165, 1.54) is 4.90 Å². The molecule has 0 fully saturated rings. The van der Waals surface area contributed by atoms with E-state index in [2.05, 4.69) is 23.5 Å². The summed E-state index contributed by atoms with van der Waals surface area (Å²) < 4.78 is 3.93. The highest BCUT2D eigenvalue weighted by molar-refractivity contribution is 7.09. The molecule has 5 N–H and O–H groups in total. The molecule has 2 aromatic rings. The lowest BCUT2D eigenvalue weighted by Gasteiger charge is -2.31. The molecule has 0 aliphatic rings. The SMILES string of the molecule is CCC[C@@H](C(=O)NCCC(C)C)N(C(=O)c1snc(C(N)=O)c1N)c1ccccc1. The van der Waals surface area contributed by atoms with Crippen molar-refractivity contribution < 1.29 is 14.4 Å². The third-order valence-corrected chi connectivity index (χ3v) is 5.46. The van der Waals surface area contributed by atoms with E-state index >= 15 is 0 Å². The lowest BCUT2D eigenvalue weighted by atomic mass is 10.1. The van der Waals surface area contributed by atoms with Crippen LogP contribution in [0, 0.1) is 5.92 Å². The Morgan fingerprint density at radius 3 is 2.37 bits per heavy atom. The zero-order valence-corrected chi connectivity index (χ0v) is 18.4. The minimum Gasteiger partial charge on any atom is -0.395 e. The van der Waals surface area contributed by atoms with E-state index in [1.807, 2.05) is 13.0 Å². The molecule has 162 valence electrons. The molecule has 1 atom stereocenters. The molecule has 0 radical (unpaired) electrons. The van der Waals surface area contributed by atoms with E-state index in [-0.39, 0.29) is 22.2 Å². The number of benzene rings is 1. The Balaban J connectivity index is 2.43. The highest BCUT2D eigenvalue weighted by atomic mass is 32.1. The van der Waals surface area contributed by atoms with Crippen molar-refractivity contribution in [3.05, 3.63) is 40.9 Å². The van der Waals surface area contributed by atoms with Crippen LogP contribution in [0.25, 0.3) is 0 Å². The number of carbonyl (C=O) groups is 3. The van der Waals surface area contributed by atoms with Gasteiger partial charge in [-0.15, -0.1) is 0 Å². The summed E-state index contributed by atoms with van der Waals surface area (Å²) in [6.07, 6.45) is 2.01. The van der Waals surface area contributed by atoms with Crippen LogP contribution >= 0.6 is 11.5 Å². The number of aromatic nitrogens is 1. The van der Waals surface area contributed by atoms with Crippen molar-refractivity contribution in [2.45, 2.75) is 46.1 Å². The molecule has 0 aliphatic carbocycles. The van der Waals surface area contributed by atoms with Crippen molar-refractivity contribution in [2.75, 3.05) is 17.2 Å². The Kier molecular flexibility index (Phi) is 8.35. The van der Waals surface area contributed by atoms with Crippen LogP contribution in [-0.4, -0.2) is 34.7 Å². The van der Waals surface area contributed by atoms with Gasteiger partial charge in [0, 0.05) is 12.2 Å². The molecule has 8 nitrogen and oxygen atoms in total. The Hall–Kier alpha value is -2.94. The van der Waals surface area contributed by atoms with Crippen LogP contribution in [0.3, 0.4) is 0 Å². The number of nitrogens with two attached hydrogens (primary N) is 2. The highest BCUT2D eigenvalue weighted by Crippen LogP contribution is 2.28. The average Bonchev–Trinajstić information content (AvgIpc) is 3.09. The summed E-state index contributed by atoms with van der Waals surface area (Å²) in [6.45, 7) is 6.65. The average molecular weight is 432 g/mol. The number of hydrogen-bond donors (Lipinski definition) is 3. The summed E-state index contributed by atoms with van der Waals surface area (Å²) in [6, 6.07) is 8.20. The lowest BCUT2D eigenvalue weighted by molar-refractivity contribution is -0.122. The van der Waals surface area contributed by atoms with Gasteiger partial charge in [0.05, 0.1) is 5.69 Å². The minimum absolute atomic E-state index is 0.0612. The van der Waals surface area contributed by atoms with Gasteiger partial charge in [-0.05, 0) is 42.4 Å². The standard InChI is InChI=1S/C21H29N5O3S/c1-4-8-15(20(28)24-12-11-13(2)3)26(14-9-6-5-7-10-14)21(29)18-16(22)17(19(23)27)25-30-18/h5-7,9-10,13,15H,4,8,11-12,22H2,1-3H3,(H2,23,27)(H,24,28)/t15-/m0/s1. The fraction of sp³-hybridized carbons (Fsp3) is 0.429. The van der Waals surface area contributed by atoms with Gasteiger partial charge in [0.15, 0.2) is 5.69 Å². The number of rotatable bonds is 10. The van der Waals surface area contributed by atoms with Gasteiger partial charge in [0.25, 0.3) is 11.8 Å². The summed E-state index contributed by atoms with van der Waals surface area (Å²) in [5.74, 6) is -1.06. The summed E-state index contributed by atoms with van der Waals surface area (Å²) in [7, 11) is 0. The van der Waals surface area contributed by atoms with E-state index in [0.29, 0.717) is 31.0 Å². The largest absolute Gasteiger partial charge is 0.395 e. The van der Waals surface area contributed by atoms with Gasteiger partial charge < -0.3 is 16.8 Å². The molecule has 30 heavy (non-hydrogen) atoms. The first-order valence-electron chi connectivity index (χ1n) is 9.99. The molecule has 3 amide bonds. The molecule has 0 saturated heterocycles. The fourth-order valence-electron chi connectivity index (χ4n) is 3.02. The molecule has 0 spiro atoms. The monoisotopic (exact) mass is 431 g/mol. The van der Waals surface area contributed by atoms with Crippen LogP contribution in [-0.2, 0) is 4.79 Å². The number of nitrogens with one attached hydrogen (secondary N) is 1. The number of primary amides is 1. The molecule has 1 heterocycles. The summed E-state index contributed by atoms with van der Waals surface area (Å²) >= 11 is 0.806. The van der Waals surface area contributed by atoms with Crippen molar-refractivity contribution >= 4 is 40.6 Å². The van der Waals surface area contributed by atoms with E-state index < -0.39 is 17.9 Å². The number of para-hydroxylation sites is 1. The number of nitrogen functional groups attached to an aromatic ring is 1. The normalized spacial score (nSPS) is 11.9. The topological polar surface area (TPSA) is 131 Å². The van der Waals surface area contributed by atoms with Crippen molar-refractivity contribution in [2.24, 2.45) is 11.7 Å². The van der Waals surface area contributed by atoms with E-state index in [9.17, 15) is 14.4 Å². The van der Waals surface area contributed by atoms with Crippen LogP contribution < -0.4 is 21.7 Å². The van der Waals surface area contributed by atoms with Crippen LogP contribution in [0.15, 0.2) is 30.3 Å². The lowest BCUT2D eigenvalue weighted by Crippen LogP contribution is -2.50. The Labute approximate surface area is 180 Å². The van der Waals surface area contributed by atoms with Gasteiger partial charge in [0.1, 0.15) is 10.9 Å². The maximum Gasteiger partial charge on any atom is 0.272 e. The predicted octanol–water partition coefficient (Wildman–Crippen LogP) is 2.80. The number of nitrogens with zero attached hydrogens (tertiary/aromatic N) is 2. The van der Waals surface area contributed by atoms with Crippen LogP contribution in [0.5, 0.6) is 0 Å². The van der Waals surface area contributed by atoms with E-state index in [1.54, 1.807) is 24.3 Å². The van der Waals surface area contributed by atoms with Crippen LogP contribution in [0.1, 0.15) is 60.2 Å². The zero-order valence-electron chi connectivity index (χ0n) is 17.6. The van der Waals surface area contributed by atoms with Crippen molar-refractivity contribution in [1.29, 1.82) is 0 Å². The number of anilines is 2.